The molecule has 0 rings (SSSR count). The van der Waals surface area contributed by atoms with Gasteiger partial charge in [0, 0.05) is 42.7 Å². The number of carbonyl (C=O) groups is 2. The Labute approximate surface area is 169 Å². The van der Waals surface area contributed by atoms with Crippen LogP contribution in [0, 0.1) is 0 Å². The third kappa shape index (κ3) is 6.88. The lowest BCUT2D eigenvalue weighted by Gasteiger charge is -2.31. The highest BCUT2D eigenvalue weighted by atomic mass is 28.4. The van der Waals surface area contributed by atoms with Crippen molar-refractivity contribution in [3.8, 4) is 0 Å². The fourth-order valence-corrected chi connectivity index (χ4v) is 6.87. The molecule has 10 nitrogen and oxygen atoms in total. The van der Waals surface area contributed by atoms with Crippen molar-refractivity contribution >= 4 is 29.5 Å². The van der Waals surface area contributed by atoms with Crippen LogP contribution >= 0.6 is 0 Å². The summed E-state index contributed by atoms with van der Waals surface area (Å²) in [4.78, 5) is 24.4. The molecule has 12 heteroatoms. The molecule has 0 N–H and O–H groups in total. The molecule has 0 aromatic rings. The molecule has 0 aliphatic heterocycles. The van der Waals surface area contributed by atoms with Crippen LogP contribution in [-0.4, -0.2) is 83.7 Å². The first-order chi connectivity index (χ1) is 13.3. The van der Waals surface area contributed by atoms with Crippen molar-refractivity contribution in [2.24, 2.45) is 0 Å². The van der Waals surface area contributed by atoms with Crippen LogP contribution in [0.1, 0.15) is 39.5 Å². The topological polar surface area (TPSA) is 108 Å². The van der Waals surface area contributed by atoms with Gasteiger partial charge in [0.15, 0.2) is 11.5 Å². The van der Waals surface area contributed by atoms with Crippen LogP contribution in [0.3, 0.4) is 0 Å². The first-order valence-electron chi connectivity index (χ1n) is 8.98. The third-order valence-electron chi connectivity index (χ3n) is 4.32. The van der Waals surface area contributed by atoms with E-state index < -0.39 is 41.0 Å². The van der Waals surface area contributed by atoms with Crippen molar-refractivity contribution < 1.29 is 45.6 Å². The van der Waals surface area contributed by atoms with Gasteiger partial charge in [0.1, 0.15) is 0 Å². The lowest BCUT2D eigenvalue weighted by molar-refractivity contribution is -0.155. The quantitative estimate of drug-likeness (QED) is 0.271. The van der Waals surface area contributed by atoms with Gasteiger partial charge in [-0.1, -0.05) is 13.8 Å². The van der Waals surface area contributed by atoms with E-state index in [0.717, 1.165) is 0 Å². The number of ether oxygens (including phenoxy) is 2. The fraction of sp³-hybridized carbons (Fsp3) is 0.875. The largest absolute Gasteiger partial charge is 0.543 e. The molecular weight excluding hydrogens is 408 g/mol. The highest BCUT2D eigenvalue weighted by Gasteiger charge is 2.50. The van der Waals surface area contributed by atoms with Gasteiger partial charge in [-0.2, -0.15) is 0 Å². The summed E-state index contributed by atoms with van der Waals surface area (Å²) in [5, 5.41) is 0. The zero-order chi connectivity index (χ0) is 21.8. The summed E-state index contributed by atoms with van der Waals surface area (Å²) >= 11 is 0. The molecule has 0 aliphatic rings. The van der Waals surface area contributed by atoms with Crippen LogP contribution in [0.25, 0.3) is 0 Å². The highest BCUT2D eigenvalue weighted by molar-refractivity contribution is 6.62. The number of carbonyl (C=O) groups excluding carboxylic acids is 2. The van der Waals surface area contributed by atoms with E-state index in [1.54, 1.807) is 0 Å². The summed E-state index contributed by atoms with van der Waals surface area (Å²) in [6.07, 6.45) is 0.572. The molecule has 0 saturated carbocycles. The molecule has 0 radical (unpaired) electrons. The van der Waals surface area contributed by atoms with Crippen LogP contribution in [-0.2, 0) is 45.6 Å². The van der Waals surface area contributed by atoms with Crippen LogP contribution < -0.4 is 0 Å². The second kappa shape index (κ2) is 13.4. The lowest BCUT2D eigenvalue weighted by Crippen LogP contribution is -2.56. The van der Waals surface area contributed by atoms with Crippen LogP contribution in [0.15, 0.2) is 0 Å². The van der Waals surface area contributed by atoms with Gasteiger partial charge >= 0.3 is 29.5 Å². The maximum Gasteiger partial charge on any atom is 0.543 e. The summed E-state index contributed by atoms with van der Waals surface area (Å²) in [5.74, 6) is -1.15. The second-order valence-corrected chi connectivity index (χ2v) is 11.9. The van der Waals surface area contributed by atoms with Crippen LogP contribution in [0.5, 0.6) is 0 Å². The van der Waals surface area contributed by atoms with E-state index in [2.05, 4.69) is 0 Å². The van der Waals surface area contributed by atoms with Gasteiger partial charge in [0.25, 0.3) is 0 Å². The molecule has 0 spiro atoms. The lowest BCUT2D eigenvalue weighted by atomic mass is 10.3. The van der Waals surface area contributed by atoms with Crippen molar-refractivity contribution in [1.82, 2.24) is 0 Å². The zero-order valence-electron chi connectivity index (χ0n) is 18.1. The first kappa shape index (κ1) is 27.1. The van der Waals surface area contributed by atoms with E-state index in [9.17, 15) is 9.59 Å². The van der Waals surface area contributed by atoms with Crippen molar-refractivity contribution in [1.29, 1.82) is 0 Å². The minimum absolute atomic E-state index is 0.158. The average molecular weight is 443 g/mol. The molecule has 0 aliphatic carbocycles. The standard InChI is InChI=1S/C16H34O10Si2/c1-9-15(27(19-3,20-4)21-5)25-13(17)11-12-14(18)26-16(10-2)28(22-6,23-7)24-8/h15-16H,9-12H2,1-8H3. The van der Waals surface area contributed by atoms with Gasteiger partial charge in [-0.05, 0) is 12.8 Å². The molecule has 0 aromatic carbocycles. The van der Waals surface area contributed by atoms with Crippen LogP contribution in [0.2, 0.25) is 0 Å². The minimum Gasteiger partial charge on any atom is -0.458 e. The summed E-state index contributed by atoms with van der Waals surface area (Å²) in [6.45, 7) is 3.64. The van der Waals surface area contributed by atoms with E-state index in [1.165, 1.54) is 42.7 Å². The summed E-state index contributed by atoms with van der Waals surface area (Å²) in [6, 6.07) is 0. The smallest absolute Gasteiger partial charge is 0.458 e. The second-order valence-electron chi connectivity index (χ2n) is 5.71. The molecule has 0 amide bonds. The predicted molar refractivity (Wildman–Crippen MR) is 103 cm³/mol. The molecule has 2 unspecified atom stereocenters. The monoisotopic (exact) mass is 442 g/mol. The third-order valence-corrected chi connectivity index (χ3v) is 10.4. The van der Waals surface area contributed by atoms with Crippen molar-refractivity contribution in [3.63, 3.8) is 0 Å². The molecule has 0 heterocycles. The van der Waals surface area contributed by atoms with E-state index in [4.69, 9.17) is 36.0 Å². The van der Waals surface area contributed by atoms with E-state index >= 15 is 0 Å². The Kier molecular flexibility index (Phi) is 13.0. The molecule has 0 bridgehead atoms. The zero-order valence-corrected chi connectivity index (χ0v) is 20.1. The maximum atomic E-state index is 12.2. The maximum absolute atomic E-state index is 12.2. The molecule has 0 fully saturated rings. The number of rotatable bonds is 15. The van der Waals surface area contributed by atoms with E-state index in [-0.39, 0.29) is 12.8 Å². The Bertz CT molecular complexity index is 410. The first-order valence-corrected chi connectivity index (χ1v) is 12.6. The Morgan fingerprint density at radius 2 is 0.857 bits per heavy atom. The van der Waals surface area contributed by atoms with Crippen molar-refractivity contribution in [2.75, 3.05) is 42.7 Å². The predicted octanol–water partition coefficient (Wildman–Crippen LogP) is 1.24. The van der Waals surface area contributed by atoms with E-state index in [1.807, 2.05) is 13.8 Å². The van der Waals surface area contributed by atoms with Crippen molar-refractivity contribution in [2.45, 2.75) is 51.0 Å². The summed E-state index contributed by atoms with van der Waals surface area (Å²) < 4.78 is 42.9. The normalized spacial score (nSPS) is 14.4. The minimum atomic E-state index is -3.14. The Balaban J connectivity index is 4.83. The van der Waals surface area contributed by atoms with Gasteiger partial charge in [-0.3, -0.25) is 9.59 Å². The number of hydrogen-bond donors (Lipinski definition) is 0. The van der Waals surface area contributed by atoms with Crippen LogP contribution in [0.4, 0.5) is 0 Å². The Morgan fingerprint density at radius 1 is 0.607 bits per heavy atom. The summed E-state index contributed by atoms with van der Waals surface area (Å²) in [7, 11) is 2.36. The molecule has 28 heavy (non-hydrogen) atoms. The van der Waals surface area contributed by atoms with Gasteiger partial charge < -0.3 is 36.0 Å². The average Bonchev–Trinajstić information content (AvgIpc) is 2.73. The molecule has 0 aromatic heterocycles. The number of esters is 2. The molecule has 166 valence electrons. The molecular formula is C16H34O10Si2. The SMILES string of the molecule is CCC(OC(=O)CCC(=O)OC(CC)[Si](OC)(OC)OC)[Si](OC)(OC)OC. The van der Waals surface area contributed by atoms with Crippen molar-refractivity contribution in [3.05, 3.63) is 0 Å². The van der Waals surface area contributed by atoms with Gasteiger partial charge in [0.05, 0.1) is 12.8 Å². The Morgan fingerprint density at radius 3 is 1.04 bits per heavy atom. The Hall–Kier alpha value is -0.866. The highest BCUT2D eigenvalue weighted by Crippen LogP contribution is 2.21. The van der Waals surface area contributed by atoms with E-state index in [0.29, 0.717) is 12.8 Å². The van der Waals surface area contributed by atoms with Gasteiger partial charge in [-0.25, -0.2) is 0 Å². The fourth-order valence-electron chi connectivity index (χ4n) is 2.74. The number of hydrogen-bond acceptors (Lipinski definition) is 10. The van der Waals surface area contributed by atoms with Gasteiger partial charge in [0.2, 0.25) is 0 Å². The molecule has 0 saturated heterocycles. The molecule has 2 atom stereocenters. The summed E-state index contributed by atoms with van der Waals surface area (Å²) in [5.41, 5.74) is -1.34. The van der Waals surface area contributed by atoms with Gasteiger partial charge in [-0.15, -0.1) is 0 Å².